The van der Waals surface area contributed by atoms with Gasteiger partial charge in [0.05, 0.1) is 0 Å². The molecule has 0 saturated carbocycles. The predicted molar refractivity (Wildman–Crippen MR) is 293 cm³/mol. The van der Waals surface area contributed by atoms with E-state index in [0.717, 1.165) is 89.9 Å². The Labute approximate surface area is 421 Å². The Morgan fingerprint density at radius 1 is 0.309 bits per heavy atom. The number of hydrogen-bond donors (Lipinski definition) is 0. The summed E-state index contributed by atoms with van der Waals surface area (Å²) in [4.78, 5) is 38.2. The molecule has 0 rings (SSSR count). The highest BCUT2D eigenvalue weighted by Gasteiger charge is 2.19. The van der Waals surface area contributed by atoms with Crippen LogP contribution in [-0.4, -0.2) is 37.2 Å². The minimum absolute atomic E-state index is 0.0769. The van der Waals surface area contributed by atoms with Gasteiger partial charge in [-0.3, -0.25) is 14.4 Å². The van der Waals surface area contributed by atoms with Gasteiger partial charge in [-0.05, 0) is 83.5 Å². The fourth-order valence-electron chi connectivity index (χ4n) is 8.37. The zero-order valence-electron chi connectivity index (χ0n) is 45.1. The van der Waals surface area contributed by atoms with Crippen molar-refractivity contribution in [1.29, 1.82) is 0 Å². The molecule has 1 atom stereocenters. The van der Waals surface area contributed by atoms with E-state index in [2.05, 4.69) is 81.5 Å². The molecule has 0 aromatic carbocycles. The van der Waals surface area contributed by atoms with Gasteiger partial charge in [0.2, 0.25) is 0 Å². The van der Waals surface area contributed by atoms with E-state index in [1.807, 2.05) is 0 Å². The normalized spacial score (nSPS) is 12.5. The molecule has 0 saturated heterocycles. The number of carbonyl (C=O) groups excluding carboxylic acids is 3. The summed E-state index contributed by atoms with van der Waals surface area (Å²) in [5.41, 5.74) is 0. The molecule has 0 radical (unpaired) electrons. The Morgan fingerprint density at radius 2 is 0.574 bits per heavy atom. The van der Waals surface area contributed by atoms with E-state index in [1.165, 1.54) is 167 Å². The van der Waals surface area contributed by atoms with E-state index in [-0.39, 0.29) is 31.1 Å². The van der Waals surface area contributed by atoms with Crippen LogP contribution in [0.4, 0.5) is 0 Å². The standard InChI is InChI=1S/C62H110O6/c1-4-7-10-13-16-19-22-25-27-29-31-33-35-37-40-43-46-49-52-55-61(64)67-58-59(57-66-60(63)54-51-48-45-42-39-24-21-18-15-12-9-6-3)68-62(65)56-53-50-47-44-41-38-36-34-32-30-28-26-23-20-17-14-11-8-5-2/h7,10,16,19,25-28,31,33,59H,4-6,8-9,11-15,17-18,20-24,29-30,32,34-58H2,1-3H3/b10-7-,19-16-,27-25-,28-26-,33-31-. The fraction of sp³-hybridized carbons (Fsp3) is 0.790. The maximum atomic E-state index is 12.9. The zero-order chi connectivity index (χ0) is 49.3. The lowest BCUT2D eigenvalue weighted by Crippen LogP contribution is -2.30. The van der Waals surface area contributed by atoms with Crippen LogP contribution in [0.3, 0.4) is 0 Å². The summed E-state index contributed by atoms with van der Waals surface area (Å²) in [7, 11) is 0. The molecule has 0 aromatic heterocycles. The predicted octanol–water partition coefficient (Wildman–Crippen LogP) is 19.6. The second-order valence-corrected chi connectivity index (χ2v) is 19.5. The maximum absolute atomic E-state index is 12.9. The number of rotatable bonds is 53. The average molecular weight is 952 g/mol. The molecule has 0 aliphatic heterocycles. The monoisotopic (exact) mass is 951 g/mol. The van der Waals surface area contributed by atoms with Crippen molar-refractivity contribution in [2.24, 2.45) is 0 Å². The van der Waals surface area contributed by atoms with Crippen molar-refractivity contribution >= 4 is 17.9 Å². The van der Waals surface area contributed by atoms with Gasteiger partial charge in [0.25, 0.3) is 0 Å². The van der Waals surface area contributed by atoms with Crippen molar-refractivity contribution in [1.82, 2.24) is 0 Å². The number of ether oxygens (including phenoxy) is 3. The molecule has 1 unspecified atom stereocenters. The third-order valence-electron chi connectivity index (χ3n) is 12.8. The van der Waals surface area contributed by atoms with Crippen LogP contribution < -0.4 is 0 Å². The van der Waals surface area contributed by atoms with Gasteiger partial charge in [0, 0.05) is 19.3 Å². The quantitative estimate of drug-likeness (QED) is 0.0262. The molecule has 0 bridgehead atoms. The van der Waals surface area contributed by atoms with Gasteiger partial charge in [-0.2, -0.15) is 0 Å². The number of allylic oxidation sites excluding steroid dienone is 10. The van der Waals surface area contributed by atoms with Gasteiger partial charge >= 0.3 is 17.9 Å². The summed E-state index contributed by atoms with van der Waals surface area (Å²) in [5.74, 6) is -0.881. The maximum Gasteiger partial charge on any atom is 0.306 e. The number of unbranched alkanes of at least 4 members (excludes halogenated alkanes) is 32. The van der Waals surface area contributed by atoms with Crippen LogP contribution in [0, 0.1) is 0 Å². The van der Waals surface area contributed by atoms with Crippen LogP contribution in [0.5, 0.6) is 0 Å². The Bertz CT molecular complexity index is 1230. The van der Waals surface area contributed by atoms with Crippen molar-refractivity contribution < 1.29 is 28.6 Å². The molecule has 0 heterocycles. The molecule has 6 nitrogen and oxygen atoms in total. The lowest BCUT2D eigenvalue weighted by atomic mass is 10.0. The fourth-order valence-corrected chi connectivity index (χ4v) is 8.37. The Hall–Kier alpha value is -2.89. The summed E-state index contributed by atoms with van der Waals surface area (Å²) >= 11 is 0. The first kappa shape index (κ1) is 65.1. The number of carbonyl (C=O) groups is 3. The molecule has 0 N–H and O–H groups in total. The third kappa shape index (κ3) is 54.1. The first-order chi connectivity index (χ1) is 33.5. The van der Waals surface area contributed by atoms with Crippen LogP contribution in [0.15, 0.2) is 60.8 Å². The average Bonchev–Trinajstić information content (AvgIpc) is 3.34. The summed E-state index contributed by atoms with van der Waals surface area (Å²) in [5, 5.41) is 0. The van der Waals surface area contributed by atoms with Crippen molar-refractivity contribution in [2.45, 2.75) is 303 Å². The van der Waals surface area contributed by atoms with E-state index in [0.29, 0.717) is 19.3 Å². The second kappa shape index (κ2) is 56.7. The molecular weight excluding hydrogens is 841 g/mol. The summed E-state index contributed by atoms with van der Waals surface area (Å²) in [6.07, 6.45) is 70.7. The first-order valence-electron chi connectivity index (χ1n) is 29.3. The van der Waals surface area contributed by atoms with E-state index in [4.69, 9.17) is 14.2 Å². The molecule has 0 aliphatic rings. The van der Waals surface area contributed by atoms with Crippen LogP contribution >= 0.6 is 0 Å². The van der Waals surface area contributed by atoms with Crippen LogP contribution in [0.2, 0.25) is 0 Å². The largest absolute Gasteiger partial charge is 0.462 e. The molecule has 6 heteroatoms. The number of hydrogen-bond acceptors (Lipinski definition) is 6. The van der Waals surface area contributed by atoms with Gasteiger partial charge in [0.15, 0.2) is 6.10 Å². The Kier molecular flexibility index (Phi) is 54.3. The van der Waals surface area contributed by atoms with Crippen LogP contribution in [0.1, 0.15) is 297 Å². The molecule has 0 aromatic rings. The van der Waals surface area contributed by atoms with Gasteiger partial charge in [-0.25, -0.2) is 0 Å². The molecule has 0 spiro atoms. The van der Waals surface area contributed by atoms with E-state index >= 15 is 0 Å². The lowest BCUT2D eigenvalue weighted by Gasteiger charge is -2.18. The van der Waals surface area contributed by atoms with Crippen molar-refractivity contribution in [3.05, 3.63) is 60.8 Å². The highest BCUT2D eigenvalue weighted by molar-refractivity contribution is 5.71. The van der Waals surface area contributed by atoms with E-state index < -0.39 is 6.10 Å². The van der Waals surface area contributed by atoms with Crippen molar-refractivity contribution in [3.8, 4) is 0 Å². The molecule has 0 aliphatic carbocycles. The molecule has 68 heavy (non-hydrogen) atoms. The lowest BCUT2D eigenvalue weighted by molar-refractivity contribution is -0.167. The van der Waals surface area contributed by atoms with Crippen molar-refractivity contribution in [2.75, 3.05) is 13.2 Å². The molecule has 0 amide bonds. The highest BCUT2D eigenvalue weighted by Crippen LogP contribution is 2.16. The van der Waals surface area contributed by atoms with E-state index in [9.17, 15) is 14.4 Å². The van der Waals surface area contributed by atoms with Crippen LogP contribution in [-0.2, 0) is 28.6 Å². The van der Waals surface area contributed by atoms with Crippen LogP contribution in [0.25, 0.3) is 0 Å². The van der Waals surface area contributed by atoms with Gasteiger partial charge in [-0.1, -0.05) is 255 Å². The van der Waals surface area contributed by atoms with Crippen molar-refractivity contribution in [3.63, 3.8) is 0 Å². The number of esters is 3. The molecule has 394 valence electrons. The Balaban J connectivity index is 4.35. The second-order valence-electron chi connectivity index (χ2n) is 19.5. The zero-order valence-corrected chi connectivity index (χ0v) is 45.1. The topological polar surface area (TPSA) is 78.9 Å². The van der Waals surface area contributed by atoms with E-state index in [1.54, 1.807) is 0 Å². The minimum atomic E-state index is -0.779. The summed E-state index contributed by atoms with van der Waals surface area (Å²) in [6.45, 7) is 6.54. The van der Waals surface area contributed by atoms with Gasteiger partial charge < -0.3 is 14.2 Å². The minimum Gasteiger partial charge on any atom is -0.462 e. The third-order valence-corrected chi connectivity index (χ3v) is 12.8. The van der Waals surface area contributed by atoms with Gasteiger partial charge in [0.1, 0.15) is 13.2 Å². The Morgan fingerprint density at radius 3 is 0.912 bits per heavy atom. The summed E-state index contributed by atoms with van der Waals surface area (Å²) < 4.78 is 16.9. The highest BCUT2D eigenvalue weighted by atomic mass is 16.6. The molecule has 0 fully saturated rings. The first-order valence-corrected chi connectivity index (χ1v) is 29.3. The summed E-state index contributed by atoms with van der Waals surface area (Å²) in [6, 6.07) is 0. The smallest absolute Gasteiger partial charge is 0.306 e. The molecular formula is C62H110O6. The van der Waals surface area contributed by atoms with Gasteiger partial charge in [-0.15, -0.1) is 0 Å². The SMILES string of the molecule is CC/C=C\C/C=C\C/C=C\C/C=C\CCCCCCCCC(=O)OCC(COC(=O)CCCCCCCCCCCCCC)OC(=O)CCCCCCCCCCC/C=C\CCCCCCCC.